The predicted octanol–water partition coefficient (Wildman–Crippen LogP) is 2.61. The lowest BCUT2D eigenvalue weighted by atomic mass is 10.1. The molecule has 0 spiro atoms. The fraction of sp³-hybridized carbons (Fsp3) is 0.429. The van der Waals surface area contributed by atoms with Gasteiger partial charge in [0.15, 0.2) is 17.3 Å². The van der Waals surface area contributed by atoms with Crippen molar-refractivity contribution in [2.75, 3.05) is 6.61 Å². The van der Waals surface area contributed by atoms with E-state index < -0.39 is 15.6 Å². The Kier molecular flexibility index (Phi) is 12.3. The summed E-state index contributed by atoms with van der Waals surface area (Å²) in [5.41, 5.74) is -5.65. The van der Waals surface area contributed by atoms with Crippen molar-refractivity contribution in [2.45, 2.75) is 51.0 Å². The second kappa shape index (κ2) is 13.9. The van der Waals surface area contributed by atoms with Gasteiger partial charge in [-0.3, -0.25) is 0 Å². The first-order chi connectivity index (χ1) is 14.1. The van der Waals surface area contributed by atoms with Crippen molar-refractivity contribution in [1.29, 1.82) is 0 Å². The first kappa shape index (κ1) is 26.7. The van der Waals surface area contributed by atoms with Gasteiger partial charge in [-0.2, -0.15) is 13.2 Å². The maximum atomic E-state index is 10.7. The van der Waals surface area contributed by atoms with Gasteiger partial charge in [0.2, 0.25) is 0 Å². The molecule has 0 aliphatic carbocycles. The molecular formula is C21H26F3IO4S. The zero-order valence-corrected chi connectivity index (χ0v) is 19.7. The lowest BCUT2D eigenvalue weighted by Gasteiger charge is -2.08. The molecule has 168 valence electrons. The van der Waals surface area contributed by atoms with Gasteiger partial charge < -0.3 is 9.29 Å². The Morgan fingerprint density at radius 3 is 1.90 bits per heavy atom. The van der Waals surface area contributed by atoms with Crippen LogP contribution < -0.4 is 25.9 Å². The van der Waals surface area contributed by atoms with E-state index in [1.165, 1.54) is 45.7 Å². The molecule has 0 heterocycles. The third kappa shape index (κ3) is 11.8. The zero-order chi connectivity index (χ0) is 22.5. The van der Waals surface area contributed by atoms with E-state index >= 15 is 0 Å². The van der Waals surface area contributed by atoms with Crippen molar-refractivity contribution < 1.29 is 52.1 Å². The normalized spacial score (nSPS) is 11.5. The van der Waals surface area contributed by atoms with Gasteiger partial charge in [0.05, 0.1) is 6.61 Å². The summed E-state index contributed by atoms with van der Waals surface area (Å²) in [6.07, 6.45) is 7.85. The first-order valence-corrected chi connectivity index (χ1v) is 13.1. The molecule has 0 amide bonds. The van der Waals surface area contributed by atoms with Crippen LogP contribution in [0.3, 0.4) is 0 Å². The highest BCUT2D eigenvalue weighted by Gasteiger charge is 2.36. The summed E-state index contributed by atoms with van der Waals surface area (Å²) in [5, 5.41) is 0. The Balaban J connectivity index is 0.000000479. The van der Waals surface area contributed by atoms with E-state index in [4.69, 9.17) is 17.7 Å². The van der Waals surface area contributed by atoms with Gasteiger partial charge in [-0.1, -0.05) is 57.2 Å². The van der Waals surface area contributed by atoms with Gasteiger partial charge in [-0.05, 0) is 42.8 Å². The minimum absolute atomic E-state index is 0.0655. The molecule has 0 bridgehead atoms. The van der Waals surface area contributed by atoms with E-state index in [-0.39, 0.29) is 21.2 Å². The van der Waals surface area contributed by atoms with Crippen LogP contribution in [0.1, 0.15) is 45.4 Å². The van der Waals surface area contributed by atoms with Gasteiger partial charge >= 0.3 is 26.7 Å². The molecule has 9 heteroatoms. The zero-order valence-electron chi connectivity index (χ0n) is 16.7. The topological polar surface area (TPSA) is 66.4 Å². The molecule has 0 aliphatic heterocycles. The highest BCUT2D eigenvalue weighted by molar-refractivity contribution is 7.86. The summed E-state index contributed by atoms with van der Waals surface area (Å²) < 4.78 is 67.6. The van der Waals surface area contributed by atoms with E-state index in [0.29, 0.717) is 0 Å². The van der Waals surface area contributed by atoms with Crippen LogP contribution in [0.2, 0.25) is 0 Å². The summed E-state index contributed by atoms with van der Waals surface area (Å²) in [5.74, 6) is 1.01. The average Bonchev–Trinajstić information content (AvgIpc) is 2.68. The Hall–Kier alpha value is -1.33. The molecule has 0 unspecified atom stereocenters. The molecule has 0 N–H and O–H groups in total. The SMILES string of the molecule is CCCCCCCCOc1ccc([I+]c2ccccc2)cc1.O=S(=O)([O-])C(F)(F)F. The van der Waals surface area contributed by atoms with Gasteiger partial charge in [0.25, 0.3) is 0 Å². The van der Waals surface area contributed by atoms with E-state index in [2.05, 4.69) is 61.5 Å². The highest BCUT2D eigenvalue weighted by Crippen LogP contribution is 2.20. The molecule has 0 saturated heterocycles. The predicted molar refractivity (Wildman–Crippen MR) is 105 cm³/mol. The standard InChI is InChI=1S/C20H26IO.CHF3O3S/c1-2-3-4-5-6-10-17-22-20-15-13-19(14-16-20)21-18-11-8-7-9-12-18;2-1(3,4)8(5,6)7/h7-9,11-16H,2-6,10,17H2,1H3;(H,5,6,7)/q+1;/p-1. The van der Waals surface area contributed by atoms with Crippen molar-refractivity contribution in [1.82, 2.24) is 0 Å². The van der Waals surface area contributed by atoms with Crippen LogP contribution in [0.15, 0.2) is 54.6 Å². The van der Waals surface area contributed by atoms with Crippen LogP contribution in [0.4, 0.5) is 13.2 Å². The van der Waals surface area contributed by atoms with Crippen LogP contribution >= 0.6 is 0 Å². The molecule has 2 rings (SSSR count). The second-order valence-corrected chi connectivity index (χ2v) is 10.8. The van der Waals surface area contributed by atoms with E-state index in [1.54, 1.807) is 0 Å². The Morgan fingerprint density at radius 2 is 1.37 bits per heavy atom. The van der Waals surface area contributed by atoms with Gasteiger partial charge in [0, 0.05) is 0 Å². The number of unbranched alkanes of at least 4 members (excludes halogenated alkanes) is 5. The number of alkyl halides is 3. The van der Waals surface area contributed by atoms with Crippen LogP contribution in [0.25, 0.3) is 0 Å². The van der Waals surface area contributed by atoms with E-state index in [0.717, 1.165) is 12.4 Å². The molecule has 0 aliphatic rings. The van der Waals surface area contributed by atoms with Crippen molar-refractivity contribution in [2.24, 2.45) is 0 Å². The van der Waals surface area contributed by atoms with Crippen molar-refractivity contribution >= 4 is 10.1 Å². The summed E-state index contributed by atoms with van der Waals surface area (Å²) in [6, 6.07) is 19.4. The number of halogens is 4. The van der Waals surface area contributed by atoms with Crippen LogP contribution in [-0.2, 0) is 10.1 Å². The number of benzene rings is 2. The third-order valence-corrected chi connectivity index (χ3v) is 7.07. The number of hydrogen-bond donors (Lipinski definition) is 0. The fourth-order valence-electron chi connectivity index (χ4n) is 2.27. The maximum absolute atomic E-state index is 10.7. The van der Waals surface area contributed by atoms with Crippen LogP contribution in [0, 0.1) is 7.14 Å². The van der Waals surface area contributed by atoms with E-state index in [9.17, 15) is 13.2 Å². The molecule has 0 aromatic heterocycles. The average molecular weight is 558 g/mol. The smallest absolute Gasteiger partial charge is 0.485 e. The van der Waals surface area contributed by atoms with E-state index in [1.807, 2.05) is 0 Å². The Morgan fingerprint density at radius 1 is 0.867 bits per heavy atom. The first-order valence-electron chi connectivity index (χ1n) is 9.58. The van der Waals surface area contributed by atoms with Gasteiger partial charge in [-0.15, -0.1) is 0 Å². The summed E-state index contributed by atoms with van der Waals surface area (Å²) in [4.78, 5) is 0. The number of rotatable bonds is 10. The fourth-order valence-corrected chi connectivity index (χ4v) is 4.48. The lowest BCUT2D eigenvalue weighted by Crippen LogP contribution is -3.61. The molecular weight excluding hydrogens is 532 g/mol. The molecule has 2 aromatic rings. The minimum Gasteiger partial charge on any atom is -0.741 e. The monoisotopic (exact) mass is 558 g/mol. The third-order valence-electron chi connectivity index (χ3n) is 3.82. The molecule has 0 saturated carbocycles. The number of hydrogen-bond acceptors (Lipinski definition) is 4. The lowest BCUT2D eigenvalue weighted by molar-refractivity contribution is -0.597. The molecule has 0 fully saturated rings. The highest BCUT2D eigenvalue weighted by atomic mass is 127. The van der Waals surface area contributed by atoms with Gasteiger partial charge in [0.1, 0.15) is 5.75 Å². The van der Waals surface area contributed by atoms with Crippen molar-refractivity contribution in [3.63, 3.8) is 0 Å². The second-order valence-electron chi connectivity index (χ2n) is 6.36. The minimum atomic E-state index is -6.09. The summed E-state index contributed by atoms with van der Waals surface area (Å²) in [7, 11) is -6.09. The molecule has 0 atom stereocenters. The quantitative estimate of drug-likeness (QED) is 0.195. The molecule has 0 radical (unpaired) electrons. The molecule has 4 nitrogen and oxygen atoms in total. The maximum Gasteiger partial charge on any atom is 0.485 e. The van der Waals surface area contributed by atoms with Crippen molar-refractivity contribution in [3.8, 4) is 5.75 Å². The molecule has 2 aromatic carbocycles. The molecule has 30 heavy (non-hydrogen) atoms. The van der Waals surface area contributed by atoms with Crippen LogP contribution in [-0.4, -0.2) is 25.1 Å². The Labute approximate surface area is 186 Å². The van der Waals surface area contributed by atoms with Gasteiger partial charge in [-0.25, -0.2) is 8.42 Å². The Bertz CT molecular complexity index is 810. The van der Waals surface area contributed by atoms with Crippen molar-refractivity contribution in [3.05, 3.63) is 61.7 Å². The summed E-state index contributed by atoms with van der Waals surface area (Å²) >= 11 is -0.0655. The number of ether oxygens (including phenoxy) is 1. The van der Waals surface area contributed by atoms with Crippen LogP contribution in [0.5, 0.6) is 5.75 Å². The largest absolute Gasteiger partial charge is 0.741 e. The summed E-state index contributed by atoms with van der Waals surface area (Å²) in [6.45, 7) is 3.10.